The maximum absolute atomic E-state index is 12.5. The predicted molar refractivity (Wildman–Crippen MR) is 171 cm³/mol. The van der Waals surface area contributed by atoms with Gasteiger partial charge in [0.2, 0.25) is 0 Å². The highest BCUT2D eigenvalue weighted by Crippen LogP contribution is 2.51. The van der Waals surface area contributed by atoms with Crippen LogP contribution in [0.4, 0.5) is 5.69 Å². The van der Waals surface area contributed by atoms with E-state index >= 15 is 0 Å². The SMILES string of the molecule is COC(=O)c1cc(OC)c2nc(CN3CCN(c4cccc5c4OC(C)(c4ccc(Cl)cn4)O5)[C@H]4CC[C@@H]43)n(C[C@@H]3CCO3)c2c1. The molecule has 1 unspecified atom stereocenters. The maximum atomic E-state index is 12.5. The summed E-state index contributed by atoms with van der Waals surface area (Å²) >= 11 is 6.09. The second-order valence-corrected chi connectivity index (χ2v) is 12.9. The third-order valence-electron chi connectivity index (χ3n) is 9.82. The number of para-hydroxylation sites is 1. The van der Waals surface area contributed by atoms with E-state index in [1.54, 1.807) is 25.4 Å². The highest BCUT2D eigenvalue weighted by molar-refractivity contribution is 6.30. The van der Waals surface area contributed by atoms with E-state index in [0.717, 1.165) is 67.3 Å². The Hall–Kier alpha value is -4.06. The molecule has 8 rings (SSSR count). The molecule has 2 saturated heterocycles. The molecule has 0 N–H and O–H groups in total. The largest absolute Gasteiger partial charge is 0.494 e. The quantitative estimate of drug-likeness (QED) is 0.239. The molecule has 2 aromatic carbocycles. The summed E-state index contributed by atoms with van der Waals surface area (Å²) < 4.78 is 31.6. The van der Waals surface area contributed by atoms with E-state index < -0.39 is 11.8 Å². The lowest BCUT2D eigenvalue weighted by Gasteiger charge is -2.54. The van der Waals surface area contributed by atoms with Crippen LogP contribution in [0.2, 0.25) is 5.02 Å². The second kappa shape index (κ2) is 11.3. The van der Waals surface area contributed by atoms with Crippen LogP contribution in [0.5, 0.6) is 17.2 Å². The molecule has 5 heterocycles. The zero-order valence-electron chi connectivity index (χ0n) is 26.1. The van der Waals surface area contributed by atoms with Crippen molar-refractivity contribution in [3.63, 3.8) is 0 Å². The molecule has 1 saturated carbocycles. The van der Waals surface area contributed by atoms with Gasteiger partial charge in [-0.2, -0.15) is 0 Å². The predicted octanol–water partition coefficient (Wildman–Crippen LogP) is 5.17. The average molecular weight is 646 g/mol. The highest BCUT2D eigenvalue weighted by Gasteiger charge is 2.47. The number of methoxy groups -OCH3 is 2. The number of piperazine rings is 1. The molecule has 4 aliphatic rings. The van der Waals surface area contributed by atoms with Crippen LogP contribution in [0.1, 0.15) is 48.1 Å². The van der Waals surface area contributed by atoms with Gasteiger partial charge in [0.05, 0.1) is 55.2 Å². The molecule has 11 nitrogen and oxygen atoms in total. The molecular formula is C34H36ClN5O6. The van der Waals surface area contributed by atoms with E-state index in [4.69, 9.17) is 40.3 Å². The molecule has 1 aliphatic carbocycles. The van der Waals surface area contributed by atoms with Crippen molar-refractivity contribution in [3.8, 4) is 17.2 Å². The molecule has 3 aliphatic heterocycles. The van der Waals surface area contributed by atoms with Crippen LogP contribution in [0.15, 0.2) is 48.7 Å². The van der Waals surface area contributed by atoms with Crippen molar-refractivity contribution in [2.75, 3.05) is 38.8 Å². The topological polar surface area (TPSA) is 100 Å². The van der Waals surface area contributed by atoms with Crippen molar-refractivity contribution in [2.24, 2.45) is 0 Å². The summed E-state index contributed by atoms with van der Waals surface area (Å²) in [7, 11) is 2.99. The lowest BCUT2D eigenvalue weighted by Crippen LogP contribution is -2.64. The number of aromatic nitrogens is 3. The van der Waals surface area contributed by atoms with Gasteiger partial charge in [0.15, 0.2) is 11.5 Å². The van der Waals surface area contributed by atoms with Gasteiger partial charge in [-0.15, -0.1) is 0 Å². The number of hydrogen-bond donors (Lipinski definition) is 0. The van der Waals surface area contributed by atoms with E-state index in [2.05, 4.69) is 25.4 Å². The van der Waals surface area contributed by atoms with Crippen molar-refractivity contribution in [1.29, 1.82) is 0 Å². The Bertz CT molecular complexity index is 1810. The van der Waals surface area contributed by atoms with Gasteiger partial charge in [-0.1, -0.05) is 17.7 Å². The number of esters is 1. The Morgan fingerprint density at radius 3 is 2.63 bits per heavy atom. The molecule has 0 bridgehead atoms. The number of anilines is 1. The third kappa shape index (κ3) is 4.83. The maximum Gasteiger partial charge on any atom is 0.338 e. The van der Waals surface area contributed by atoms with Crippen molar-refractivity contribution in [2.45, 2.75) is 63.3 Å². The Morgan fingerprint density at radius 1 is 1.09 bits per heavy atom. The Kier molecular flexibility index (Phi) is 7.23. The lowest BCUT2D eigenvalue weighted by molar-refractivity contribution is -0.0717. The number of nitrogens with zero attached hydrogens (tertiary/aromatic N) is 5. The van der Waals surface area contributed by atoms with Crippen molar-refractivity contribution in [1.82, 2.24) is 19.4 Å². The van der Waals surface area contributed by atoms with Crippen LogP contribution in [-0.2, 0) is 28.4 Å². The molecule has 240 valence electrons. The molecule has 3 fully saturated rings. The normalized spacial score (nSPS) is 25.1. The minimum atomic E-state index is -1.04. The minimum Gasteiger partial charge on any atom is -0.494 e. The number of halogens is 1. The van der Waals surface area contributed by atoms with Crippen molar-refractivity contribution >= 4 is 34.3 Å². The summed E-state index contributed by atoms with van der Waals surface area (Å²) in [4.78, 5) is 27.1. The average Bonchev–Trinajstić information content (AvgIpc) is 3.55. The van der Waals surface area contributed by atoms with Gasteiger partial charge in [0, 0.05) is 44.9 Å². The smallest absolute Gasteiger partial charge is 0.338 e. The first-order valence-electron chi connectivity index (χ1n) is 15.8. The van der Waals surface area contributed by atoms with Gasteiger partial charge in [-0.3, -0.25) is 9.88 Å². The Balaban J connectivity index is 1.07. The number of ether oxygens (including phenoxy) is 5. The van der Waals surface area contributed by atoms with Gasteiger partial charge in [0.1, 0.15) is 22.8 Å². The molecule has 0 amide bonds. The summed E-state index contributed by atoms with van der Waals surface area (Å²) in [6.45, 7) is 5.69. The van der Waals surface area contributed by atoms with E-state index in [0.29, 0.717) is 53.0 Å². The number of benzene rings is 2. The van der Waals surface area contributed by atoms with Crippen LogP contribution < -0.4 is 19.1 Å². The number of carbonyl (C=O) groups excluding carboxylic acids is 1. The van der Waals surface area contributed by atoms with Crippen LogP contribution >= 0.6 is 11.6 Å². The summed E-state index contributed by atoms with van der Waals surface area (Å²) in [5.74, 6) is 1.50. The first-order valence-corrected chi connectivity index (χ1v) is 16.1. The van der Waals surface area contributed by atoms with Crippen LogP contribution in [-0.4, -0.2) is 77.5 Å². The molecule has 2 aromatic heterocycles. The molecule has 0 radical (unpaired) electrons. The van der Waals surface area contributed by atoms with E-state index in [-0.39, 0.29) is 6.10 Å². The summed E-state index contributed by atoms with van der Waals surface area (Å²) in [5.41, 5.74) is 3.73. The number of fused-ring (bicyclic) bond motifs is 3. The van der Waals surface area contributed by atoms with E-state index in [1.807, 2.05) is 31.2 Å². The Morgan fingerprint density at radius 2 is 1.93 bits per heavy atom. The molecular weight excluding hydrogens is 610 g/mol. The first-order chi connectivity index (χ1) is 22.3. The van der Waals surface area contributed by atoms with Gasteiger partial charge in [-0.05, 0) is 55.7 Å². The van der Waals surface area contributed by atoms with Gasteiger partial charge < -0.3 is 33.2 Å². The lowest BCUT2D eigenvalue weighted by atomic mass is 9.81. The van der Waals surface area contributed by atoms with E-state index in [9.17, 15) is 4.79 Å². The number of pyridine rings is 1. The Labute approximate surface area is 271 Å². The highest BCUT2D eigenvalue weighted by atomic mass is 35.5. The molecule has 12 heteroatoms. The van der Waals surface area contributed by atoms with Gasteiger partial charge in [-0.25, -0.2) is 9.78 Å². The monoisotopic (exact) mass is 645 g/mol. The molecule has 46 heavy (non-hydrogen) atoms. The number of hydrogen-bond acceptors (Lipinski definition) is 10. The van der Waals surface area contributed by atoms with E-state index in [1.165, 1.54) is 7.11 Å². The third-order valence-corrected chi connectivity index (χ3v) is 10.0. The number of carbonyl (C=O) groups is 1. The van der Waals surface area contributed by atoms with Crippen molar-refractivity contribution < 1.29 is 28.5 Å². The van der Waals surface area contributed by atoms with Gasteiger partial charge >= 0.3 is 5.97 Å². The molecule has 4 atom stereocenters. The fraction of sp³-hybridized carbons (Fsp3) is 0.441. The summed E-state index contributed by atoms with van der Waals surface area (Å²) in [6.07, 6.45) is 4.91. The fourth-order valence-corrected chi connectivity index (χ4v) is 7.29. The second-order valence-electron chi connectivity index (χ2n) is 12.4. The zero-order valence-corrected chi connectivity index (χ0v) is 26.8. The number of imidazole rings is 1. The molecule has 0 spiro atoms. The van der Waals surface area contributed by atoms with Gasteiger partial charge in [0.25, 0.3) is 5.79 Å². The van der Waals surface area contributed by atoms with Crippen LogP contribution in [0.3, 0.4) is 0 Å². The molecule has 4 aromatic rings. The summed E-state index contributed by atoms with van der Waals surface area (Å²) in [5, 5.41) is 0.564. The van der Waals surface area contributed by atoms with Crippen LogP contribution in [0, 0.1) is 0 Å². The van der Waals surface area contributed by atoms with Crippen molar-refractivity contribution in [3.05, 3.63) is 70.8 Å². The summed E-state index contributed by atoms with van der Waals surface area (Å²) in [6, 6.07) is 14.0. The zero-order chi connectivity index (χ0) is 31.6. The van der Waals surface area contributed by atoms with Crippen LogP contribution in [0.25, 0.3) is 11.0 Å². The first kappa shape index (κ1) is 29.3. The minimum absolute atomic E-state index is 0.119. The fourth-order valence-electron chi connectivity index (χ4n) is 7.17. The number of rotatable bonds is 8. The standard InChI is InChI=1S/C34H36ClN5O6/c1-34(29-10-7-21(35)17-36-29)45-27-6-4-5-25(32(27)46-34)39-13-12-38(23-8-9-24(23)39)19-30-37-31-26(40(30)18-22-11-14-44-22)15-20(33(41)43-3)16-28(31)42-2/h4-7,10,15-17,22-24H,8-9,11-14,18-19H2,1-3H3/t22-,23-,24-,34?/m0/s1.